The predicted molar refractivity (Wildman–Crippen MR) is 73.0 cm³/mol. The van der Waals surface area contributed by atoms with Gasteiger partial charge in [0.2, 0.25) is 0 Å². The van der Waals surface area contributed by atoms with Crippen LogP contribution >= 0.6 is 11.6 Å². The molecule has 4 nitrogen and oxygen atoms in total. The monoisotopic (exact) mass is 265 g/mol. The van der Waals surface area contributed by atoms with Gasteiger partial charge in [-0.2, -0.15) is 0 Å². The van der Waals surface area contributed by atoms with Crippen molar-refractivity contribution in [1.82, 2.24) is 9.55 Å². The molecule has 0 aliphatic rings. The predicted octanol–water partition coefficient (Wildman–Crippen LogP) is 2.25. The summed E-state index contributed by atoms with van der Waals surface area (Å²) in [5.41, 5.74) is 7.45. The summed E-state index contributed by atoms with van der Waals surface area (Å²) < 4.78 is 7.31. The zero-order valence-corrected chi connectivity index (χ0v) is 11.2. The molecule has 0 bridgehead atoms. The summed E-state index contributed by atoms with van der Waals surface area (Å²) in [4.78, 5) is 4.40. The molecule has 18 heavy (non-hydrogen) atoms. The Labute approximate surface area is 111 Å². The van der Waals surface area contributed by atoms with Gasteiger partial charge < -0.3 is 15.0 Å². The van der Waals surface area contributed by atoms with Crippen LogP contribution in [0.4, 0.5) is 0 Å². The molecule has 96 valence electrons. The first kappa shape index (κ1) is 12.9. The fourth-order valence-electron chi connectivity index (χ4n) is 1.98. The van der Waals surface area contributed by atoms with E-state index in [-0.39, 0.29) is 0 Å². The maximum Gasteiger partial charge on any atom is 0.151 e. The van der Waals surface area contributed by atoms with Gasteiger partial charge in [0.15, 0.2) is 5.15 Å². The summed E-state index contributed by atoms with van der Waals surface area (Å²) >= 11 is 6.15. The number of ether oxygens (including phenoxy) is 1. The van der Waals surface area contributed by atoms with Gasteiger partial charge in [0.05, 0.1) is 18.4 Å². The highest BCUT2D eigenvalue weighted by Crippen LogP contribution is 2.31. The zero-order chi connectivity index (χ0) is 13.1. The van der Waals surface area contributed by atoms with Crippen molar-refractivity contribution < 1.29 is 4.74 Å². The van der Waals surface area contributed by atoms with E-state index in [1.807, 2.05) is 35.9 Å². The molecule has 0 saturated carbocycles. The van der Waals surface area contributed by atoms with Crippen LogP contribution in [0, 0.1) is 0 Å². The molecule has 0 fully saturated rings. The van der Waals surface area contributed by atoms with Crippen LogP contribution in [-0.4, -0.2) is 23.2 Å². The summed E-state index contributed by atoms with van der Waals surface area (Å²) in [5.74, 6) is 1.57. The smallest absolute Gasteiger partial charge is 0.151 e. The zero-order valence-electron chi connectivity index (χ0n) is 10.5. The van der Waals surface area contributed by atoms with Crippen molar-refractivity contribution in [3.63, 3.8) is 0 Å². The molecule has 0 spiro atoms. The fourth-order valence-corrected chi connectivity index (χ4v) is 2.28. The second kappa shape index (κ2) is 5.42. The van der Waals surface area contributed by atoms with Crippen LogP contribution in [-0.2, 0) is 13.5 Å². The van der Waals surface area contributed by atoms with Gasteiger partial charge in [0.25, 0.3) is 0 Å². The minimum Gasteiger partial charge on any atom is -0.496 e. The number of rotatable bonds is 4. The molecular weight excluding hydrogens is 250 g/mol. The second-order valence-electron chi connectivity index (χ2n) is 3.97. The van der Waals surface area contributed by atoms with Gasteiger partial charge >= 0.3 is 0 Å². The Balaban J connectivity index is 2.54. The lowest BCUT2D eigenvalue weighted by atomic mass is 10.2. The van der Waals surface area contributed by atoms with Gasteiger partial charge in [-0.3, -0.25) is 0 Å². The van der Waals surface area contributed by atoms with Crippen LogP contribution in [0.2, 0.25) is 5.15 Å². The average molecular weight is 266 g/mol. The molecule has 0 atom stereocenters. The third kappa shape index (κ3) is 2.21. The minimum absolute atomic E-state index is 0.504. The normalized spacial score (nSPS) is 10.7. The third-order valence-electron chi connectivity index (χ3n) is 2.89. The first-order chi connectivity index (χ1) is 8.69. The van der Waals surface area contributed by atoms with Crippen LogP contribution < -0.4 is 10.5 Å². The maximum atomic E-state index is 6.15. The molecule has 1 aromatic carbocycles. The van der Waals surface area contributed by atoms with Crippen molar-refractivity contribution in [2.45, 2.75) is 6.42 Å². The van der Waals surface area contributed by atoms with E-state index in [4.69, 9.17) is 22.1 Å². The highest BCUT2D eigenvalue weighted by Gasteiger charge is 2.16. The SMILES string of the molecule is COc1ccccc1-c1nc(Cl)c(CCN)n1C. The highest BCUT2D eigenvalue weighted by molar-refractivity contribution is 6.30. The first-order valence-corrected chi connectivity index (χ1v) is 6.11. The molecule has 1 aromatic heterocycles. The Morgan fingerprint density at radius 1 is 1.39 bits per heavy atom. The van der Waals surface area contributed by atoms with Gasteiger partial charge in [0, 0.05) is 13.5 Å². The Morgan fingerprint density at radius 3 is 2.78 bits per heavy atom. The number of hydrogen-bond acceptors (Lipinski definition) is 3. The van der Waals surface area contributed by atoms with E-state index >= 15 is 0 Å². The molecule has 5 heteroatoms. The van der Waals surface area contributed by atoms with E-state index in [2.05, 4.69) is 4.98 Å². The molecule has 2 rings (SSSR count). The van der Waals surface area contributed by atoms with Crippen molar-refractivity contribution in [3.8, 4) is 17.1 Å². The van der Waals surface area contributed by atoms with Gasteiger partial charge in [-0.1, -0.05) is 23.7 Å². The van der Waals surface area contributed by atoms with Crippen molar-refractivity contribution >= 4 is 11.6 Å². The molecule has 2 aromatic rings. The number of nitrogens with two attached hydrogens (primary N) is 1. The molecule has 0 radical (unpaired) electrons. The molecule has 0 saturated heterocycles. The maximum absolute atomic E-state index is 6.15. The quantitative estimate of drug-likeness (QED) is 0.923. The standard InChI is InChI=1S/C13H16ClN3O/c1-17-10(7-8-15)12(14)16-13(17)9-5-3-4-6-11(9)18-2/h3-6H,7-8,15H2,1-2H3. The molecule has 0 amide bonds. The number of imidazole rings is 1. The van der Waals surface area contributed by atoms with Crippen LogP contribution in [0.15, 0.2) is 24.3 Å². The van der Waals surface area contributed by atoms with E-state index in [9.17, 15) is 0 Å². The first-order valence-electron chi connectivity index (χ1n) is 5.73. The van der Waals surface area contributed by atoms with E-state index in [1.54, 1.807) is 7.11 Å². The number of para-hydroxylation sites is 1. The summed E-state index contributed by atoms with van der Waals surface area (Å²) in [6, 6.07) is 7.74. The number of hydrogen-bond donors (Lipinski definition) is 1. The fraction of sp³-hybridized carbons (Fsp3) is 0.308. The summed E-state index contributed by atoms with van der Waals surface area (Å²) in [6.07, 6.45) is 0.706. The number of methoxy groups -OCH3 is 1. The molecule has 1 heterocycles. The van der Waals surface area contributed by atoms with Gasteiger partial charge in [0.1, 0.15) is 11.6 Å². The lowest BCUT2D eigenvalue weighted by Gasteiger charge is -2.09. The Kier molecular flexibility index (Phi) is 3.89. The molecular formula is C13H16ClN3O. The molecule has 0 aliphatic heterocycles. The second-order valence-corrected chi connectivity index (χ2v) is 4.33. The third-order valence-corrected chi connectivity index (χ3v) is 3.20. The average Bonchev–Trinajstić information content (AvgIpc) is 2.67. The van der Waals surface area contributed by atoms with E-state index in [1.165, 1.54) is 0 Å². The Hall–Kier alpha value is -1.52. The Bertz CT molecular complexity index is 551. The largest absolute Gasteiger partial charge is 0.496 e. The van der Waals surface area contributed by atoms with E-state index < -0.39 is 0 Å². The van der Waals surface area contributed by atoms with Crippen LogP contribution in [0.5, 0.6) is 5.75 Å². The van der Waals surface area contributed by atoms with Crippen molar-refractivity contribution in [2.75, 3.05) is 13.7 Å². The van der Waals surface area contributed by atoms with Gasteiger partial charge in [-0.15, -0.1) is 0 Å². The van der Waals surface area contributed by atoms with Crippen LogP contribution in [0.1, 0.15) is 5.69 Å². The van der Waals surface area contributed by atoms with Crippen LogP contribution in [0.3, 0.4) is 0 Å². The Morgan fingerprint density at radius 2 is 2.11 bits per heavy atom. The highest BCUT2D eigenvalue weighted by atomic mass is 35.5. The summed E-state index contributed by atoms with van der Waals surface area (Å²) in [5, 5.41) is 0.504. The van der Waals surface area contributed by atoms with Crippen LogP contribution in [0.25, 0.3) is 11.4 Å². The topological polar surface area (TPSA) is 53.1 Å². The molecule has 0 unspecified atom stereocenters. The van der Waals surface area contributed by atoms with Crippen molar-refractivity contribution in [3.05, 3.63) is 35.1 Å². The number of aromatic nitrogens is 2. The van der Waals surface area contributed by atoms with E-state index in [0.29, 0.717) is 18.1 Å². The summed E-state index contributed by atoms with van der Waals surface area (Å²) in [6.45, 7) is 0.546. The number of halogens is 1. The lowest BCUT2D eigenvalue weighted by Crippen LogP contribution is -2.07. The number of nitrogens with zero attached hydrogens (tertiary/aromatic N) is 2. The van der Waals surface area contributed by atoms with Gasteiger partial charge in [-0.25, -0.2) is 4.98 Å². The van der Waals surface area contributed by atoms with E-state index in [0.717, 1.165) is 22.8 Å². The molecule has 0 aliphatic carbocycles. The van der Waals surface area contributed by atoms with Gasteiger partial charge in [-0.05, 0) is 18.7 Å². The number of benzene rings is 1. The minimum atomic E-state index is 0.504. The lowest BCUT2D eigenvalue weighted by molar-refractivity contribution is 0.416. The van der Waals surface area contributed by atoms with Crippen molar-refractivity contribution in [2.24, 2.45) is 12.8 Å². The molecule has 2 N–H and O–H groups in total. The van der Waals surface area contributed by atoms with Crippen molar-refractivity contribution in [1.29, 1.82) is 0 Å². The summed E-state index contributed by atoms with van der Waals surface area (Å²) in [7, 11) is 3.58.